The number of aliphatic hydroxyl groups excluding tert-OH is 1. The molecule has 2 atom stereocenters. The molecule has 0 spiro atoms. The molecule has 0 radical (unpaired) electrons. The summed E-state index contributed by atoms with van der Waals surface area (Å²) in [6.07, 6.45) is -1.27. The van der Waals surface area contributed by atoms with Crippen molar-refractivity contribution in [3.63, 3.8) is 0 Å². The van der Waals surface area contributed by atoms with Crippen LogP contribution in [0.4, 0.5) is 0 Å². The summed E-state index contributed by atoms with van der Waals surface area (Å²) < 4.78 is 0. The predicted octanol–water partition coefficient (Wildman–Crippen LogP) is 1.94. The lowest BCUT2D eigenvalue weighted by atomic mass is 9.92. The molecule has 1 heterocycles. The maximum Gasteiger partial charge on any atom is 0.252 e. The van der Waals surface area contributed by atoms with Crippen LogP contribution in [-0.2, 0) is 0 Å². The van der Waals surface area contributed by atoms with E-state index in [1.54, 1.807) is 30.3 Å². The molecule has 122 valence electrons. The van der Waals surface area contributed by atoms with Gasteiger partial charge in [0, 0.05) is 6.54 Å². The summed E-state index contributed by atoms with van der Waals surface area (Å²) in [5.74, 6) is -1.03. The van der Waals surface area contributed by atoms with Crippen LogP contribution < -0.4 is 11.1 Å². The molecule has 1 aromatic heterocycles. The van der Waals surface area contributed by atoms with Crippen LogP contribution in [0.1, 0.15) is 34.5 Å². The van der Waals surface area contributed by atoms with E-state index in [1.807, 2.05) is 6.92 Å². The predicted molar refractivity (Wildman–Crippen MR) is 88.5 cm³/mol. The van der Waals surface area contributed by atoms with Crippen molar-refractivity contribution in [2.24, 2.45) is 5.73 Å². The van der Waals surface area contributed by atoms with Crippen molar-refractivity contribution in [1.29, 1.82) is 0 Å². The molecule has 0 aliphatic heterocycles. The molecule has 0 saturated heterocycles. The lowest BCUT2D eigenvalue weighted by molar-refractivity contribution is 0.0955. The molecule has 23 heavy (non-hydrogen) atoms. The van der Waals surface area contributed by atoms with Crippen LogP contribution in [0.5, 0.6) is 0 Å². The van der Waals surface area contributed by atoms with Gasteiger partial charge in [0.25, 0.3) is 5.91 Å². The number of hydrogen-bond acceptors (Lipinski definition) is 5. The molecule has 8 heteroatoms. The lowest BCUT2D eigenvalue weighted by Crippen LogP contribution is -2.30. The summed E-state index contributed by atoms with van der Waals surface area (Å²) >= 11 is 12.1. The number of nitrogens with one attached hydrogen (secondary N) is 1. The fourth-order valence-electron chi connectivity index (χ4n) is 2.23. The number of aromatic nitrogens is 2. The molecular weight excluding hydrogens is 339 g/mol. The van der Waals surface area contributed by atoms with E-state index in [0.717, 1.165) is 0 Å². The Balaban J connectivity index is 2.50. The van der Waals surface area contributed by atoms with Gasteiger partial charge >= 0.3 is 0 Å². The molecule has 0 saturated carbocycles. The van der Waals surface area contributed by atoms with Gasteiger partial charge in [-0.1, -0.05) is 35.3 Å². The maximum atomic E-state index is 12.1. The van der Waals surface area contributed by atoms with Gasteiger partial charge in [-0.3, -0.25) is 4.79 Å². The molecule has 2 unspecified atom stereocenters. The monoisotopic (exact) mass is 354 g/mol. The van der Waals surface area contributed by atoms with Crippen LogP contribution in [0.2, 0.25) is 10.2 Å². The Hall–Kier alpha value is -1.73. The zero-order valence-corrected chi connectivity index (χ0v) is 13.8. The number of halogens is 2. The van der Waals surface area contributed by atoms with E-state index in [4.69, 9.17) is 28.9 Å². The summed E-state index contributed by atoms with van der Waals surface area (Å²) in [4.78, 5) is 12.1. The minimum absolute atomic E-state index is 0.213. The summed E-state index contributed by atoms with van der Waals surface area (Å²) in [6.45, 7) is 2.29. The summed E-state index contributed by atoms with van der Waals surface area (Å²) in [6, 6.07) is 8.10. The van der Waals surface area contributed by atoms with Gasteiger partial charge in [-0.05, 0) is 30.7 Å². The van der Waals surface area contributed by atoms with Gasteiger partial charge in [-0.25, -0.2) is 0 Å². The first-order valence-electron chi connectivity index (χ1n) is 6.95. The minimum atomic E-state index is -1.27. The minimum Gasteiger partial charge on any atom is -0.378 e. The smallest absolute Gasteiger partial charge is 0.252 e. The van der Waals surface area contributed by atoms with Crippen molar-refractivity contribution in [2.45, 2.75) is 19.1 Å². The Morgan fingerprint density at radius 1 is 1.30 bits per heavy atom. The van der Waals surface area contributed by atoms with Gasteiger partial charge in [-0.15, -0.1) is 5.10 Å². The van der Waals surface area contributed by atoms with Gasteiger partial charge in [0.2, 0.25) is 0 Å². The second-order valence-electron chi connectivity index (χ2n) is 4.82. The van der Waals surface area contributed by atoms with Crippen LogP contribution in [0, 0.1) is 0 Å². The zero-order chi connectivity index (χ0) is 17.0. The van der Waals surface area contributed by atoms with Gasteiger partial charge in [0.1, 0.15) is 6.23 Å². The summed E-state index contributed by atoms with van der Waals surface area (Å²) in [5, 5.41) is 20.8. The quantitative estimate of drug-likeness (QED) is 0.712. The van der Waals surface area contributed by atoms with Crippen LogP contribution in [-0.4, -0.2) is 34.0 Å². The molecule has 1 amide bonds. The number of carbonyl (C=O) groups excluding carboxylic acids is 1. The third-order valence-electron chi connectivity index (χ3n) is 3.26. The summed E-state index contributed by atoms with van der Waals surface area (Å²) in [5.41, 5.74) is 6.88. The highest BCUT2D eigenvalue weighted by molar-refractivity contribution is 6.34. The number of rotatable bonds is 5. The number of nitrogens with two attached hydrogens (primary N) is 1. The van der Waals surface area contributed by atoms with Gasteiger partial charge < -0.3 is 16.2 Å². The number of nitrogens with zero attached hydrogens (tertiary/aromatic N) is 2. The van der Waals surface area contributed by atoms with Crippen molar-refractivity contribution in [3.8, 4) is 0 Å². The normalized spacial score (nSPS) is 13.4. The Labute approximate surface area is 143 Å². The highest BCUT2D eigenvalue weighted by Crippen LogP contribution is 2.33. The lowest BCUT2D eigenvalue weighted by Gasteiger charge is -2.21. The average molecular weight is 355 g/mol. The van der Waals surface area contributed by atoms with E-state index in [9.17, 15) is 9.90 Å². The SMILES string of the molecule is CCNC(=O)c1cccc(C(c2ccc(Cl)nn2)C(N)O)c1Cl. The number of amides is 1. The van der Waals surface area contributed by atoms with Crippen molar-refractivity contribution < 1.29 is 9.90 Å². The largest absolute Gasteiger partial charge is 0.378 e. The fourth-order valence-corrected chi connectivity index (χ4v) is 2.66. The van der Waals surface area contributed by atoms with Crippen molar-refractivity contribution >= 4 is 29.1 Å². The highest BCUT2D eigenvalue weighted by Gasteiger charge is 2.26. The Bertz CT molecular complexity index is 692. The second-order valence-corrected chi connectivity index (χ2v) is 5.58. The summed E-state index contributed by atoms with van der Waals surface area (Å²) in [7, 11) is 0. The number of carbonyl (C=O) groups is 1. The number of benzene rings is 1. The highest BCUT2D eigenvalue weighted by atomic mass is 35.5. The molecular formula is C15H16Cl2N4O2. The third kappa shape index (κ3) is 3.97. The Morgan fingerprint density at radius 2 is 2.04 bits per heavy atom. The van der Waals surface area contributed by atoms with E-state index in [2.05, 4.69) is 15.5 Å². The first-order valence-corrected chi connectivity index (χ1v) is 7.70. The van der Waals surface area contributed by atoms with Crippen molar-refractivity contribution in [3.05, 3.63) is 57.3 Å². The standard InChI is InChI=1S/C15H16Cl2N4O2/c1-2-19-15(23)9-5-3-4-8(13(9)17)12(14(18)22)10-6-7-11(16)21-20-10/h3-7,12,14,22H,2,18H2,1H3,(H,19,23). The fraction of sp³-hybridized carbons (Fsp3) is 0.267. The van der Waals surface area contributed by atoms with Gasteiger partial charge in [0.05, 0.1) is 22.2 Å². The van der Waals surface area contributed by atoms with Crippen LogP contribution in [0.25, 0.3) is 0 Å². The molecule has 2 rings (SSSR count). The molecule has 2 aromatic rings. The maximum absolute atomic E-state index is 12.1. The zero-order valence-electron chi connectivity index (χ0n) is 12.3. The molecule has 0 aliphatic carbocycles. The molecule has 6 nitrogen and oxygen atoms in total. The first kappa shape index (κ1) is 17.6. The van der Waals surface area contributed by atoms with E-state index < -0.39 is 12.1 Å². The second kappa shape index (κ2) is 7.70. The third-order valence-corrected chi connectivity index (χ3v) is 3.88. The van der Waals surface area contributed by atoms with Gasteiger partial charge in [-0.2, -0.15) is 5.10 Å². The van der Waals surface area contributed by atoms with Crippen molar-refractivity contribution in [2.75, 3.05) is 6.54 Å². The number of aliphatic hydroxyl groups is 1. The van der Waals surface area contributed by atoms with Crippen molar-refractivity contribution in [1.82, 2.24) is 15.5 Å². The Kier molecular flexibility index (Phi) is 5.90. The van der Waals surface area contributed by atoms with E-state index >= 15 is 0 Å². The first-order chi connectivity index (χ1) is 11.0. The molecule has 1 aromatic carbocycles. The van der Waals surface area contributed by atoms with E-state index in [1.165, 1.54) is 0 Å². The molecule has 0 aliphatic rings. The van der Waals surface area contributed by atoms with Crippen LogP contribution in [0.3, 0.4) is 0 Å². The Morgan fingerprint density at radius 3 is 2.61 bits per heavy atom. The number of hydrogen-bond donors (Lipinski definition) is 3. The van der Waals surface area contributed by atoms with Crippen LogP contribution in [0.15, 0.2) is 30.3 Å². The molecule has 4 N–H and O–H groups in total. The molecule has 0 fully saturated rings. The van der Waals surface area contributed by atoms with Crippen LogP contribution >= 0.6 is 23.2 Å². The van der Waals surface area contributed by atoms with E-state index in [0.29, 0.717) is 23.4 Å². The molecule has 0 bridgehead atoms. The van der Waals surface area contributed by atoms with E-state index in [-0.39, 0.29) is 16.1 Å². The average Bonchev–Trinajstić information content (AvgIpc) is 2.51. The van der Waals surface area contributed by atoms with Gasteiger partial charge in [0.15, 0.2) is 5.15 Å². The topological polar surface area (TPSA) is 101 Å².